The van der Waals surface area contributed by atoms with E-state index in [4.69, 9.17) is 9.41 Å². The third kappa shape index (κ3) is 5.83. The van der Waals surface area contributed by atoms with Crippen molar-refractivity contribution in [3.8, 4) is 0 Å². The molecule has 0 unspecified atom stereocenters. The SMILES string of the molecule is CCc1nc2c([C@H](CO[Si](C)(C)C(C)(C)C)N[S@+]([O-])C(C)(C)C)cc(C)cc2c(=O)n1C. The first-order valence-corrected chi connectivity index (χ1v) is 15.4. The van der Waals surface area contributed by atoms with E-state index in [1.165, 1.54) is 0 Å². The summed E-state index contributed by atoms with van der Waals surface area (Å²) >= 11 is -1.31. The van der Waals surface area contributed by atoms with Crippen LogP contribution in [0.5, 0.6) is 0 Å². The van der Waals surface area contributed by atoms with Crippen molar-refractivity contribution in [2.45, 2.75) is 90.7 Å². The van der Waals surface area contributed by atoms with Gasteiger partial charge in [-0.1, -0.05) is 33.8 Å². The Morgan fingerprint density at radius 2 is 1.81 bits per heavy atom. The minimum absolute atomic E-state index is 0.0545. The fourth-order valence-corrected chi connectivity index (χ4v) is 5.00. The molecular formula is C24H41N3O3SSi. The highest BCUT2D eigenvalue weighted by molar-refractivity contribution is 7.90. The Morgan fingerprint density at radius 1 is 1.22 bits per heavy atom. The van der Waals surface area contributed by atoms with Crippen LogP contribution in [0.2, 0.25) is 18.1 Å². The molecule has 0 fully saturated rings. The maximum absolute atomic E-state index is 13.1. The van der Waals surface area contributed by atoms with Crippen LogP contribution in [0.3, 0.4) is 0 Å². The van der Waals surface area contributed by atoms with Gasteiger partial charge in [0.05, 0.1) is 17.5 Å². The third-order valence-electron chi connectivity index (χ3n) is 6.36. The van der Waals surface area contributed by atoms with Crippen LogP contribution in [0.1, 0.15) is 71.5 Å². The van der Waals surface area contributed by atoms with Crippen molar-refractivity contribution in [1.29, 1.82) is 0 Å². The third-order valence-corrected chi connectivity index (χ3v) is 12.5. The molecule has 2 rings (SSSR count). The van der Waals surface area contributed by atoms with Crippen LogP contribution in [0, 0.1) is 6.92 Å². The predicted octanol–water partition coefficient (Wildman–Crippen LogP) is 4.92. The van der Waals surface area contributed by atoms with E-state index in [-0.39, 0.29) is 16.6 Å². The molecule has 0 amide bonds. The molecule has 0 spiro atoms. The average Bonchev–Trinajstić information content (AvgIpc) is 2.65. The summed E-state index contributed by atoms with van der Waals surface area (Å²) in [6, 6.07) is 3.58. The number of nitrogens with zero attached hydrogens (tertiary/aromatic N) is 2. The van der Waals surface area contributed by atoms with Gasteiger partial charge in [-0.15, -0.1) is 4.72 Å². The van der Waals surface area contributed by atoms with E-state index in [1.807, 2.05) is 46.8 Å². The van der Waals surface area contributed by atoms with Crippen LogP contribution < -0.4 is 10.3 Å². The topological polar surface area (TPSA) is 79.2 Å². The lowest BCUT2D eigenvalue weighted by Crippen LogP contribution is -2.46. The molecule has 1 aromatic heterocycles. The molecule has 2 atom stereocenters. The van der Waals surface area contributed by atoms with Crippen molar-refractivity contribution in [3.05, 3.63) is 39.4 Å². The Labute approximate surface area is 197 Å². The second-order valence-electron chi connectivity index (χ2n) is 11.1. The molecule has 1 N–H and O–H groups in total. The predicted molar refractivity (Wildman–Crippen MR) is 138 cm³/mol. The van der Waals surface area contributed by atoms with E-state index in [0.29, 0.717) is 23.9 Å². The summed E-state index contributed by atoms with van der Waals surface area (Å²) in [7, 11) is -0.277. The highest BCUT2D eigenvalue weighted by atomic mass is 32.2. The standard InChI is InChI=1S/C24H41N3O3SSi/c1-12-20-25-21-17(13-16(2)14-18(21)22(28)27(20)9)19(26-31(29)23(3,4)5)15-30-32(10,11)24(6,7)8/h13-14,19,26H,12,15H2,1-11H3/t19-,31+/m0/s1. The molecule has 1 aromatic carbocycles. The summed E-state index contributed by atoms with van der Waals surface area (Å²) in [6.45, 7) is 21.2. The molecule has 0 aliphatic heterocycles. The molecule has 0 saturated carbocycles. The number of benzene rings is 1. The number of hydrogen-bond donors (Lipinski definition) is 1. The van der Waals surface area contributed by atoms with Crippen LogP contribution in [-0.2, 0) is 29.3 Å². The number of rotatable bonds is 7. The minimum atomic E-state index is -2.04. The number of hydrogen-bond acceptors (Lipinski definition) is 5. The van der Waals surface area contributed by atoms with Gasteiger partial charge in [0.25, 0.3) is 5.56 Å². The van der Waals surface area contributed by atoms with E-state index in [2.05, 4.69) is 38.6 Å². The number of nitrogens with one attached hydrogen (secondary N) is 1. The Hall–Kier alpha value is -1.19. The van der Waals surface area contributed by atoms with E-state index >= 15 is 0 Å². The van der Waals surface area contributed by atoms with Gasteiger partial charge in [-0.2, -0.15) is 0 Å². The van der Waals surface area contributed by atoms with Crippen molar-refractivity contribution < 1.29 is 8.98 Å². The van der Waals surface area contributed by atoms with E-state index in [9.17, 15) is 9.35 Å². The van der Waals surface area contributed by atoms with Gasteiger partial charge in [-0.05, 0) is 57.5 Å². The Balaban J connectivity index is 2.66. The van der Waals surface area contributed by atoms with Crippen molar-refractivity contribution in [2.24, 2.45) is 7.05 Å². The lowest BCUT2D eigenvalue weighted by molar-refractivity contribution is 0.256. The first kappa shape index (κ1) is 27.1. The zero-order chi connectivity index (χ0) is 24.6. The van der Waals surface area contributed by atoms with Gasteiger partial charge >= 0.3 is 0 Å². The molecule has 0 radical (unpaired) electrons. The minimum Gasteiger partial charge on any atom is -0.598 e. The molecule has 0 saturated heterocycles. The quantitative estimate of drug-likeness (QED) is 0.450. The molecule has 32 heavy (non-hydrogen) atoms. The smallest absolute Gasteiger partial charge is 0.261 e. The summed E-state index contributed by atoms with van der Waals surface area (Å²) < 4.78 is 24.1. The second-order valence-corrected chi connectivity index (χ2v) is 17.9. The van der Waals surface area contributed by atoms with Gasteiger partial charge in [-0.3, -0.25) is 9.36 Å². The Morgan fingerprint density at radius 3 is 2.31 bits per heavy atom. The average molecular weight is 480 g/mol. The Kier molecular flexibility index (Phi) is 8.10. The van der Waals surface area contributed by atoms with E-state index in [1.54, 1.807) is 11.6 Å². The maximum atomic E-state index is 13.1. The van der Waals surface area contributed by atoms with Crippen LogP contribution in [0.4, 0.5) is 0 Å². The molecule has 8 heteroatoms. The molecule has 6 nitrogen and oxygen atoms in total. The van der Waals surface area contributed by atoms with Crippen LogP contribution in [-0.4, -0.2) is 33.8 Å². The van der Waals surface area contributed by atoms with E-state index < -0.39 is 24.4 Å². The zero-order valence-electron chi connectivity index (χ0n) is 21.7. The molecule has 1 heterocycles. The molecule has 0 bridgehead atoms. The van der Waals surface area contributed by atoms with Crippen molar-refractivity contribution >= 4 is 30.6 Å². The first-order chi connectivity index (χ1) is 14.5. The molecule has 0 aliphatic carbocycles. The lowest BCUT2D eigenvalue weighted by Gasteiger charge is -2.38. The van der Waals surface area contributed by atoms with Crippen molar-refractivity contribution in [3.63, 3.8) is 0 Å². The van der Waals surface area contributed by atoms with Gasteiger partial charge in [-0.25, -0.2) is 4.98 Å². The number of aryl methyl sites for hydroxylation is 2. The van der Waals surface area contributed by atoms with E-state index in [0.717, 1.165) is 17.0 Å². The van der Waals surface area contributed by atoms with Crippen LogP contribution in [0.25, 0.3) is 10.9 Å². The van der Waals surface area contributed by atoms with Gasteiger partial charge in [0, 0.05) is 30.4 Å². The van der Waals surface area contributed by atoms with Gasteiger partial charge in [0.2, 0.25) is 0 Å². The lowest BCUT2D eigenvalue weighted by atomic mass is 10.0. The summed E-state index contributed by atoms with van der Waals surface area (Å²) in [5.74, 6) is 0.730. The summed E-state index contributed by atoms with van der Waals surface area (Å²) in [5.41, 5.74) is 2.44. The Bertz CT molecular complexity index is 1020. The first-order valence-electron chi connectivity index (χ1n) is 11.3. The van der Waals surface area contributed by atoms with Gasteiger partial charge < -0.3 is 8.98 Å². The molecule has 0 aliphatic rings. The van der Waals surface area contributed by atoms with Crippen molar-refractivity contribution in [1.82, 2.24) is 14.3 Å². The maximum Gasteiger partial charge on any atom is 0.261 e. The largest absolute Gasteiger partial charge is 0.598 e. The summed E-state index contributed by atoms with van der Waals surface area (Å²) in [4.78, 5) is 17.9. The second kappa shape index (κ2) is 9.58. The molecule has 2 aromatic rings. The molecular weight excluding hydrogens is 438 g/mol. The normalized spacial score (nSPS) is 15.2. The fraction of sp³-hybridized carbons (Fsp3) is 0.667. The highest BCUT2D eigenvalue weighted by Crippen LogP contribution is 2.37. The van der Waals surface area contributed by atoms with Crippen LogP contribution in [0.15, 0.2) is 16.9 Å². The van der Waals surface area contributed by atoms with Crippen molar-refractivity contribution in [2.75, 3.05) is 6.61 Å². The number of fused-ring (bicyclic) bond motifs is 1. The van der Waals surface area contributed by atoms with Gasteiger partial charge in [0.1, 0.15) is 16.6 Å². The summed E-state index contributed by atoms with van der Waals surface area (Å²) in [5, 5.41) is 0.638. The zero-order valence-corrected chi connectivity index (χ0v) is 23.5. The summed E-state index contributed by atoms with van der Waals surface area (Å²) in [6.07, 6.45) is 0.654. The number of aromatic nitrogens is 2. The molecule has 180 valence electrons. The fourth-order valence-electron chi connectivity index (χ4n) is 3.18. The van der Waals surface area contributed by atoms with Gasteiger partial charge in [0.15, 0.2) is 8.32 Å². The monoisotopic (exact) mass is 479 g/mol. The highest BCUT2D eigenvalue weighted by Gasteiger charge is 2.39. The van der Waals surface area contributed by atoms with Crippen LogP contribution >= 0.6 is 0 Å².